The molecule has 1 heterocycles. The van der Waals surface area contributed by atoms with Crippen LogP contribution in [0.15, 0.2) is 47.3 Å². The normalized spacial score (nSPS) is 10.8. The number of aromatic nitrogens is 2. The Morgan fingerprint density at radius 1 is 1.10 bits per heavy atom. The Morgan fingerprint density at radius 3 is 2.55 bits per heavy atom. The topological polar surface area (TPSA) is 93.1 Å². The van der Waals surface area contributed by atoms with E-state index in [0.29, 0.717) is 28.0 Å². The lowest BCUT2D eigenvalue weighted by Gasteiger charge is -2.12. The summed E-state index contributed by atoms with van der Waals surface area (Å²) >= 11 is 6.14. The van der Waals surface area contributed by atoms with Crippen molar-refractivity contribution in [2.75, 3.05) is 11.9 Å². The van der Waals surface area contributed by atoms with Crippen LogP contribution in [-0.2, 0) is 11.3 Å². The third kappa shape index (κ3) is 5.49. The number of benzene rings is 2. The number of hydrogen-bond donors (Lipinski definition) is 2. The molecule has 0 fully saturated rings. The van der Waals surface area contributed by atoms with Crippen LogP contribution in [0.1, 0.15) is 42.2 Å². The summed E-state index contributed by atoms with van der Waals surface area (Å²) < 4.78 is 1.33. The van der Waals surface area contributed by atoms with E-state index in [4.69, 9.17) is 11.6 Å². The van der Waals surface area contributed by atoms with Crippen LogP contribution >= 0.6 is 11.6 Å². The summed E-state index contributed by atoms with van der Waals surface area (Å²) in [6.45, 7) is 4.15. The molecule has 0 unspecified atom stereocenters. The Morgan fingerprint density at radius 2 is 1.84 bits per heavy atom. The number of amides is 2. The number of aryl methyl sites for hydroxylation is 2. The van der Waals surface area contributed by atoms with Gasteiger partial charge in [0.05, 0.1) is 22.6 Å². The van der Waals surface area contributed by atoms with E-state index in [0.717, 1.165) is 24.8 Å². The molecular formula is C23H25ClN4O3. The lowest BCUT2D eigenvalue weighted by atomic mass is 10.1. The Labute approximate surface area is 185 Å². The number of carbonyl (C=O) groups is 2. The second-order valence-electron chi connectivity index (χ2n) is 7.34. The van der Waals surface area contributed by atoms with E-state index in [1.54, 1.807) is 36.4 Å². The molecule has 0 bridgehead atoms. The minimum Gasteiger partial charge on any atom is -0.342 e. The van der Waals surface area contributed by atoms with Gasteiger partial charge in [0.1, 0.15) is 0 Å². The fourth-order valence-corrected chi connectivity index (χ4v) is 3.51. The van der Waals surface area contributed by atoms with Crippen LogP contribution in [-0.4, -0.2) is 28.1 Å². The van der Waals surface area contributed by atoms with Crippen LogP contribution in [0.2, 0.25) is 5.02 Å². The molecule has 0 aliphatic heterocycles. The lowest BCUT2D eigenvalue weighted by Crippen LogP contribution is -2.35. The number of fused-ring (bicyclic) bond motifs is 1. The van der Waals surface area contributed by atoms with Gasteiger partial charge in [0, 0.05) is 11.9 Å². The van der Waals surface area contributed by atoms with Crippen molar-refractivity contribution in [1.29, 1.82) is 0 Å². The van der Waals surface area contributed by atoms with E-state index < -0.39 is 11.8 Å². The van der Waals surface area contributed by atoms with Gasteiger partial charge >= 0.3 is 0 Å². The maximum atomic E-state index is 12.8. The summed E-state index contributed by atoms with van der Waals surface area (Å²) in [6, 6.07) is 12.1. The van der Waals surface area contributed by atoms with Gasteiger partial charge in [-0.25, -0.2) is 4.68 Å². The van der Waals surface area contributed by atoms with Gasteiger partial charge < -0.3 is 10.6 Å². The molecule has 0 saturated carbocycles. The Hall–Kier alpha value is -3.19. The van der Waals surface area contributed by atoms with Crippen LogP contribution < -0.4 is 16.2 Å². The number of unbranched alkanes of at least 4 members (excludes halogenated alkanes) is 2. The lowest BCUT2D eigenvalue weighted by molar-refractivity contribution is -0.115. The van der Waals surface area contributed by atoms with Crippen molar-refractivity contribution in [3.63, 3.8) is 0 Å². The molecule has 1 aromatic heterocycles. The maximum Gasteiger partial charge on any atom is 0.274 e. The molecule has 3 rings (SSSR count). The van der Waals surface area contributed by atoms with Crippen molar-refractivity contribution < 1.29 is 9.59 Å². The van der Waals surface area contributed by atoms with Crippen LogP contribution in [0.4, 0.5) is 5.69 Å². The highest BCUT2D eigenvalue weighted by atomic mass is 35.5. The quantitative estimate of drug-likeness (QED) is 0.519. The highest BCUT2D eigenvalue weighted by molar-refractivity contribution is 6.33. The standard InChI is InChI=1S/C23H25ClN4O3/c1-3-4-7-12-28-23(31)17-9-6-5-8-16(17)21(27-28)22(30)25-14-20(29)26-19-11-10-15(2)13-18(19)24/h5-6,8-11,13H,3-4,7,12,14H2,1-2H3,(H,25,30)(H,26,29). The van der Waals surface area contributed by atoms with E-state index in [1.165, 1.54) is 4.68 Å². The van der Waals surface area contributed by atoms with Crippen molar-refractivity contribution in [1.82, 2.24) is 15.1 Å². The number of halogens is 1. The maximum absolute atomic E-state index is 12.8. The summed E-state index contributed by atoms with van der Waals surface area (Å²) in [7, 11) is 0. The number of anilines is 1. The predicted octanol–water partition coefficient (Wildman–Crippen LogP) is 3.92. The zero-order valence-electron chi connectivity index (χ0n) is 17.6. The van der Waals surface area contributed by atoms with Crippen molar-refractivity contribution in [2.45, 2.75) is 39.7 Å². The molecule has 0 aliphatic rings. The molecule has 162 valence electrons. The van der Waals surface area contributed by atoms with Gasteiger partial charge in [0.2, 0.25) is 5.91 Å². The zero-order valence-corrected chi connectivity index (χ0v) is 18.3. The first-order valence-corrected chi connectivity index (χ1v) is 10.6. The smallest absolute Gasteiger partial charge is 0.274 e. The third-order valence-corrected chi connectivity index (χ3v) is 5.18. The number of rotatable bonds is 8. The highest BCUT2D eigenvalue weighted by Gasteiger charge is 2.17. The molecule has 7 nitrogen and oxygen atoms in total. The first-order chi connectivity index (χ1) is 14.9. The Bertz CT molecular complexity index is 1170. The van der Waals surface area contributed by atoms with E-state index in [2.05, 4.69) is 22.7 Å². The Balaban J connectivity index is 1.77. The summed E-state index contributed by atoms with van der Waals surface area (Å²) in [4.78, 5) is 37.8. The molecule has 3 aromatic rings. The van der Waals surface area contributed by atoms with Crippen molar-refractivity contribution in [2.24, 2.45) is 0 Å². The highest BCUT2D eigenvalue weighted by Crippen LogP contribution is 2.22. The number of nitrogens with one attached hydrogen (secondary N) is 2. The zero-order chi connectivity index (χ0) is 22.4. The summed E-state index contributed by atoms with van der Waals surface area (Å²) in [5, 5.41) is 10.9. The van der Waals surface area contributed by atoms with Crippen LogP contribution in [0.3, 0.4) is 0 Å². The molecule has 2 N–H and O–H groups in total. The average Bonchev–Trinajstić information content (AvgIpc) is 2.76. The minimum absolute atomic E-state index is 0.118. The van der Waals surface area contributed by atoms with Gasteiger partial charge in [-0.05, 0) is 37.1 Å². The van der Waals surface area contributed by atoms with Gasteiger partial charge in [-0.15, -0.1) is 0 Å². The Kier molecular flexibility index (Phi) is 7.41. The van der Waals surface area contributed by atoms with Gasteiger partial charge in [-0.3, -0.25) is 14.4 Å². The van der Waals surface area contributed by atoms with Crippen LogP contribution in [0.25, 0.3) is 10.8 Å². The third-order valence-electron chi connectivity index (χ3n) is 4.86. The van der Waals surface area contributed by atoms with E-state index >= 15 is 0 Å². The van der Waals surface area contributed by atoms with E-state index in [-0.39, 0.29) is 17.8 Å². The largest absolute Gasteiger partial charge is 0.342 e. The van der Waals surface area contributed by atoms with E-state index in [9.17, 15) is 14.4 Å². The molecule has 0 radical (unpaired) electrons. The van der Waals surface area contributed by atoms with Gasteiger partial charge in [-0.1, -0.05) is 55.6 Å². The number of nitrogens with zero attached hydrogens (tertiary/aromatic N) is 2. The number of hydrogen-bond acceptors (Lipinski definition) is 4. The summed E-state index contributed by atoms with van der Waals surface area (Å²) in [6.07, 6.45) is 2.77. The number of carbonyl (C=O) groups excluding carboxylic acids is 2. The molecule has 0 saturated heterocycles. The molecular weight excluding hydrogens is 416 g/mol. The monoisotopic (exact) mass is 440 g/mol. The molecule has 0 aliphatic carbocycles. The summed E-state index contributed by atoms with van der Waals surface area (Å²) in [5.74, 6) is -0.940. The second-order valence-corrected chi connectivity index (χ2v) is 7.75. The van der Waals surface area contributed by atoms with Gasteiger partial charge in [0.15, 0.2) is 5.69 Å². The second kappa shape index (κ2) is 10.2. The summed E-state index contributed by atoms with van der Waals surface area (Å²) in [5.41, 5.74) is 1.34. The molecule has 8 heteroatoms. The van der Waals surface area contributed by atoms with Gasteiger partial charge in [-0.2, -0.15) is 5.10 Å². The first-order valence-electron chi connectivity index (χ1n) is 10.2. The molecule has 2 aromatic carbocycles. The van der Waals surface area contributed by atoms with E-state index in [1.807, 2.05) is 13.0 Å². The van der Waals surface area contributed by atoms with Crippen LogP contribution in [0, 0.1) is 6.92 Å². The molecule has 2 amide bonds. The van der Waals surface area contributed by atoms with Crippen molar-refractivity contribution >= 4 is 39.9 Å². The average molecular weight is 441 g/mol. The molecule has 0 atom stereocenters. The van der Waals surface area contributed by atoms with Crippen molar-refractivity contribution in [3.8, 4) is 0 Å². The first kappa shape index (κ1) is 22.5. The predicted molar refractivity (Wildman–Crippen MR) is 123 cm³/mol. The fraction of sp³-hybridized carbons (Fsp3) is 0.304. The molecule has 0 spiro atoms. The van der Waals surface area contributed by atoms with Crippen LogP contribution in [0.5, 0.6) is 0 Å². The fourth-order valence-electron chi connectivity index (χ4n) is 3.23. The molecule has 31 heavy (non-hydrogen) atoms. The van der Waals surface area contributed by atoms with Crippen molar-refractivity contribution in [3.05, 3.63) is 69.1 Å². The minimum atomic E-state index is -0.523. The van der Waals surface area contributed by atoms with Gasteiger partial charge in [0.25, 0.3) is 11.5 Å². The SMILES string of the molecule is CCCCCn1nc(C(=O)NCC(=O)Nc2ccc(C)cc2Cl)c2ccccc2c1=O.